The van der Waals surface area contributed by atoms with E-state index in [0.29, 0.717) is 18.1 Å². The maximum atomic E-state index is 14.1. The third kappa shape index (κ3) is 3.86. The molecular formula is C20H24FN5O. The summed E-state index contributed by atoms with van der Waals surface area (Å²) in [6, 6.07) is 5.39. The zero-order chi connectivity index (χ0) is 18.8. The number of nitrogens with zero attached hydrogens (tertiary/aromatic N) is 4. The highest BCUT2D eigenvalue weighted by atomic mass is 19.1. The van der Waals surface area contributed by atoms with E-state index >= 15 is 0 Å². The minimum atomic E-state index is -0.827. The van der Waals surface area contributed by atoms with Crippen LogP contribution in [0.1, 0.15) is 39.5 Å². The van der Waals surface area contributed by atoms with E-state index in [-0.39, 0.29) is 12.1 Å². The summed E-state index contributed by atoms with van der Waals surface area (Å²) in [6.45, 7) is 3.98. The summed E-state index contributed by atoms with van der Waals surface area (Å²) < 4.78 is 21.8. The van der Waals surface area contributed by atoms with Gasteiger partial charge in [0.05, 0.1) is 18.3 Å². The molecule has 0 saturated heterocycles. The van der Waals surface area contributed by atoms with Crippen LogP contribution in [0.2, 0.25) is 0 Å². The fourth-order valence-electron chi connectivity index (χ4n) is 3.47. The molecule has 1 saturated carbocycles. The third-order valence-electron chi connectivity index (χ3n) is 4.76. The summed E-state index contributed by atoms with van der Waals surface area (Å²) in [5.74, 6) is 1.97. The van der Waals surface area contributed by atoms with Crippen LogP contribution in [0.25, 0.3) is 17.2 Å². The highest BCUT2D eigenvalue weighted by Crippen LogP contribution is 2.25. The first-order valence-electron chi connectivity index (χ1n) is 9.48. The van der Waals surface area contributed by atoms with Crippen LogP contribution in [-0.4, -0.2) is 37.7 Å². The molecule has 1 aliphatic carbocycles. The Morgan fingerprint density at radius 3 is 2.89 bits per heavy atom. The molecule has 2 atom stereocenters. The van der Waals surface area contributed by atoms with E-state index in [9.17, 15) is 4.39 Å². The van der Waals surface area contributed by atoms with Crippen molar-refractivity contribution in [3.8, 4) is 17.3 Å². The SMILES string of the molecule is CC(C)Oc1ccn2c(-c3nccc(N[C@H]4CCCC[C@@H]4F)n3)cnc2c1. The molecule has 3 heterocycles. The number of nitrogens with one attached hydrogen (secondary N) is 1. The van der Waals surface area contributed by atoms with E-state index in [4.69, 9.17) is 4.74 Å². The number of hydrogen-bond acceptors (Lipinski definition) is 5. The van der Waals surface area contributed by atoms with Gasteiger partial charge in [0.25, 0.3) is 0 Å². The van der Waals surface area contributed by atoms with Gasteiger partial charge in [-0.05, 0) is 38.8 Å². The zero-order valence-corrected chi connectivity index (χ0v) is 15.6. The Morgan fingerprint density at radius 2 is 2.07 bits per heavy atom. The number of fused-ring (bicyclic) bond motifs is 1. The lowest BCUT2D eigenvalue weighted by Gasteiger charge is -2.27. The average Bonchev–Trinajstić information content (AvgIpc) is 3.07. The second-order valence-corrected chi connectivity index (χ2v) is 7.22. The summed E-state index contributed by atoms with van der Waals surface area (Å²) in [5, 5.41) is 3.24. The molecule has 142 valence electrons. The lowest BCUT2D eigenvalue weighted by Crippen LogP contribution is -2.33. The maximum absolute atomic E-state index is 14.1. The summed E-state index contributed by atoms with van der Waals surface area (Å²) in [6.07, 6.45) is 8.06. The Labute approximate surface area is 157 Å². The van der Waals surface area contributed by atoms with Crippen LogP contribution in [0.15, 0.2) is 36.8 Å². The predicted molar refractivity (Wildman–Crippen MR) is 103 cm³/mol. The van der Waals surface area contributed by atoms with Gasteiger partial charge in [0, 0.05) is 18.5 Å². The first-order chi connectivity index (χ1) is 13.1. The van der Waals surface area contributed by atoms with Gasteiger partial charge in [-0.1, -0.05) is 12.8 Å². The molecule has 0 spiro atoms. The lowest BCUT2D eigenvalue weighted by molar-refractivity contribution is 0.229. The Morgan fingerprint density at radius 1 is 1.22 bits per heavy atom. The highest BCUT2D eigenvalue weighted by molar-refractivity contribution is 5.59. The average molecular weight is 369 g/mol. The van der Waals surface area contributed by atoms with Gasteiger partial charge in [-0.2, -0.15) is 0 Å². The number of halogens is 1. The largest absolute Gasteiger partial charge is 0.491 e. The van der Waals surface area contributed by atoms with Gasteiger partial charge in [-0.25, -0.2) is 19.3 Å². The Balaban J connectivity index is 1.60. The zero-order valence-electron chi connectivity index (χ0n) is 15.6. The molecule has 0 radical (unpaired) electrons. The molecule has 0 bridgehead atoms. The molecule has 3 aromatic rings. The van der Waals surface area contributed by atoms with E-state index < -0.39 is 6.17 Å². The van der Waals surface area contributed by atoms with E-state index in [1.54, 1.807) is 18.5 Å². The van der Waals surface area contributed by atoms with Gasteiger partial charge in [-0.15, -0.1) is 0 Å². The minimum absolute atomic E-state index is 0.104. The van der Waals surface area contributed by atoms with Crippen molar-refractivity contribution in [2.45, 2.75) is 57.8 Å². The summed E-state index contributed by atoms with van der Waals surface area (Å²) in [7, 11) is 0. The first-order valence-corrected chi connectivity index (χ1v) is 9.48. The molecule has 0 aliphatic heterocycles. The number of ether oxygens (including phenoxy) is 1. The molecule has 6 nitrogen and oxygen atoms in total. The van der Waals surface area contributed by atoms with Crippen molar-refractivity contribution in [3.63, 3.8) is 0 Å². The molecular weight excluding hydrogens is 345 g/mol. The third-order valence-corrected chi connectivity index (χ3v) is 4.76. The monoisotopic (exact) mass is 369 g/mol. The second-order valence-electron chi connectivity index (χ2n) is 7.22. The number of imidazole rings is 1. The summed E-state index contributed by atoms with van der Waals surface area (Å²) >= 11 is 0. The Hall–Kier alpha value is -2.70. The van der Waals surface area contributed by atoms with Crippen LogP contribution in [0.5, 0.6) is 5.75 Å². The smallest absolute Gasteiger partial charge is 0.180 e. The van der Waals surface area contributed by atoms with Gasteiger partial charge in [0.15, 0.2) is 5.82 Å². The van der Waals surface area contributed by atoms with Crippen LogP contribution < -0.4 is 10.1 Å². The van der Waals surface area contributed by atoms with Crippen molar-refractivity contribution in [2.75, 3.05) is 5.32 Å². The number of anilines is 1. The Bertz CT molecular complexity index is 926. The van der Waals surface area contributed by atoms with Crippen LogP contribution in [-0.2, 0) is 0 Å². The summed E-state index contributed by atoms with van der Waals surface area (Å²) in [5.41, 5.74) is 1.55. The van der Waals surface area contributed by atoms with Crippen molar-refractivity contribution >= 4 is 11.5 Å². The molecule has 1 aliphatic rings. The van der Waals surface area contributed by atoms with Gasteiger partial charge in [0.2, 0.25) is 0 Å². The molecule has 3 aromatic heterocycles. The lowest BCUT2D eigenvalue weighted by atomic mass is 9.94. The minimum Gasteiger partial charge on any atom is -0.491 e. The molecule has 7 heteroatoms. The van der Waals surface area contributed by atoms with Crippen molar-refractivity contribution < 1.29 is 9.13 Å². The van der Waals surface area contributed by atoms with Crippen LogP contribution in [0.4, 0.5) is 10.2 Å². The fraction of sp³-hybridized carbons (Fsp3) is 0.450. The van der Waals surface area contributed by atoms with Crippen LogP contribution in [0, 0.1) is 0 Å². The molecule has 0 amide bonds. The molecule has 1 N–H and O–H groups in total. The normalized spacial score (nSPS) is 20.1. The number of pyridine rings is 1. The van der Waals surface area contributed by atoms with E-state index in [1.165, 1.54) is 0 Å². The Kier molecular flexibility index (Phi) is 4.92. The van der Waals surface area contributed by atoms with Crippen molar-refractivity contribution in [3.05, 3.63) is 36.8 Å². The van der Waals surface area contributed by atoms with Crippen molar-refractivity contribution in [2.24, 2.45) is 0 Å². The van der Waals surface area contributed by atoms with Crippen molar-refractivity contribution in [1.82, 2.24) is 19.4 Å². The van der Waals surface area contributed by atoms with Crippen LogP contribution in [0.3, 0.4) is 0 Å². The number of aromatic nitrogens is 4. The van der Waals surface area contributed by atoms with E-state index in [0.717, 1.165) is 36.4 Å². The molecule has 4 rings (SSSR count). The second kappa shape index (κ2) is 7.50. The van der Waals surface area contributed by atoms with Gasteiger partial charge in [-0.3, -0.25) is 4.40 Å². The molecule has 0 aromatic carbocycles. The van der Waals surface area contributed by atoms with E-state index in [2.05, 4.69) is 20.3 Å². The fourth-order valence-corrected chi connectivity index (χ4v) is 3.47. The topological polar surface area (TPSA) is 64.3 Å². The highest BCUT2D eigenvalue weighted by Gasteiger charge is 2.25. The molecule has 1 fully saturated rings. The maximum Gasteiger partial charge on any atom is 0.180 e. The van der Waals surface area contributed by atoms with Gasteiger partial charge >= 0.3 is 0 Å². The van der Waals surface area contributed by atoms with Crippen molar-refractivity contribution in [1.29, 1.82) is 0 Å². The summed E-state index contributed by atoms with van der Waals surface area (Å²) in [4.78, 5) is 13.4. The molecule has 27 heavy (non-hydrogen) atoms. The number of hydrogen-bond donors (Lipinski definition) is 1. The van der Waals surface area contributed by atoms with Gasteiger partial charge in [0.1, 0.15) is 29.1 Å². The standard InChI is InChI=1S/C20H24FN5O/c1-13(2)27-14-8-10-26-17(12-23-19(26)11-14)20-22-9-7-18(25-20)24-16-6-4-3-5-15(16)21/h7-13,15-16H,3-6H2,1-2H3,(H,22,24,25)/t15-,16-/m0/s1. The van der Waals surface area contributed by atoms with Crippen LogP contribution >= 0.6 is 0 Å². The quantitative estimate of drug-likeness (QED) is 0.727. The number of alkyl halides is 1. The van der Waals surface area contributed by atoms with E-state index in [1.807, 2.05) is 36.6 Å². The predicted octanol–water partition coefficient (Wildman–Crippen LogP) is 4.27. The molecule has 0 unspecified atom stereocenters. The number of rotatable bonds is 5. The first kappa shape index (κ1) is 17.7. The van der Waals surface area contributed by atoms with Gasteiger partial charge < -0.3 is 10.1 Å².